The monoisotopic (exact) mass is 175 g/mol. The van der Waals surface area contributed by atoms with E-state index in [9.17, 15) is 4.79 Å². The van der Waals surface area contributed by atoms with Crippen LogP contribution < -0.4 is 0 Å². The number of hydrogen-bond donors (Lipinski definition) is 0. The normalized spacial score (nSPS) is 51.3. The third-order valence-corrected chi connectivity index (χ3v) is 4.03. The van der Waals surface area contributed by atoms with Gasteiger partial charge >= 0.3 is 0 Å². The molecule has 2 nitrogen and oxygen atoms in total. The van der Waals surface area contributed by atoms with Gasteiger partial charge in [-0.05, 0) is 32.4 Å². The molecule has 0 amide bonds. The van der Waals surface area contributed by atoms with Gasteiger partial charge in [0.05, 0.1) is 0 Å². The fourth-order valence-electron chi connectivity index (χ4n) is 3.13. The van der Waals surface area contributed by atoms with Crippen LogP contribution in [0.15, 0.2) is 16.6 Å². The van der Waals surface area contributed by atoms with Crippen LogP contribution in [0.4, 0.5) is 0 Å². The van der Waals surface area contributed by atoms with Crippen molar-refractivity contribution in [3.8, 4) is 0 Å². The van der Waals surface area contributed by atoms with Gasteiger partial charge in [0, 0.05) is 11.8 Å². The molecule has 4 atom stereocenters. The van der Waals surface area contributed by atoms with Crippen LogP contribution in [-0.4, -0.2) is 18.0 Å². The molecule has 0 aliphatic heterocycles. The Morgan fingerprint density at radius 3 is 3.08 bits per heavy atom. The van der Waals surface area contributed by atoms with Crippen molar-refractivity contribution in [1.29, 1.82) is 0 Å². The largest absolute Gasteiger partial charge is 0.297 e. The predicted molar refractivity (Wildman–Crippen MR) is 50.7 cm³/mol. The zero-order valence-electron chi connectivity index (χ0n) is 7.79. The summed E-state index contributed by atoms with van der Waals surface area (Å²) in [5.41, 5.74) is 1.02. The molecule has 1 unspecified atom stereocenters. The van der Waals surface area contributed by atoms with Gasteiger partial charge in [0.2, 0.25) is 0 Å². The van der Waals surface area contributed by atoms with Crippen molar-refractivity contribution in [3.63, 3.8) is 0 Å². The van der Waals surface area contributed by atoms with Crippen LogP contribution >= 0.6 is 0 Å². The van der Waals surface area contributed by atoms with Crippen LogP contribution in [-0.2, 0) is 4.79 Å². The van der Waals surface area contributed by atoms with E-state index in [2.05, 4.69) is 17.8 Å². The summed E-state index contributed by atoms with van der Waals surface area (Å²) in [7, 11) is 0. The molecule has 0 aromatic heterocycles. The van der Waals surface area contributed by atoms with Crippen molar-refractivity contribution in [2.45, 2.75) is 25.3 Å². The summed E-state index contributed by atoms with van der Waals surface area (Å²) >= 11 is 0. The van der Waals surface area contributed by atoms with E-state index in [1.807, 2.05) is 6.92 Å². The molecule has 0 saturated heterocycles. The van der Waals surface area contributed by atoms with Crippen LogP contribution in [0.3, 0.4) is 0 Å². The highest BCUT2D eigenvalue weighted by Gasteiger charge is 2.64. The molecule has 2 fully saturated rings. The zero-order valence-corrected chi connectivity index (χ0v) is 7.79. The highest BCUT2D eigenvalue weighted by molar-refractivity contribution is 5.99. The third-order valence-electron chi connectivity index (χ3n) is 4.03. The summed E-state index contributed by atoms with van der Waals surface area (Å²) in [6.07, 6.45) is 4.56. The Morgan fingerprint density at radius 1 is 1.62 bits per heavy atom. The second kappa shape index (κ2) is 1.94. The second-order valence-electron chi connectivity index (χ2n) is 4.60. The van der Waals surface area contributed by atoms with Gasteiger partial charge in [0.25, 0.3) is 0 Å². The van der Waals surface area contributed by atoms with E-state index in [0.717, 1.165) is 12.3 Å². The van der Waals surface area contributed by atoms with Crippen LogP contribution in [0.1, 0.15) is 19.8 Å². The van der Waals surface area contributed by atoms with Crippen LogP contribution in [0.25, 0.3) is 0 Å². The van der Waals surface area contributed by atoms with Crippen molar-refractivity contribution >= 4 is 12.5 Å². The van der Waals surface area contributed by atoms with Crippen LogP contribution in [0.5, 0.6) is 0 Å². The van der Waals surface area contributed by atoms with Gasteiger partial charge in [-0.15, -0.1) is 0 Å². The first-order chi connectivity index (χ1) is 6.18. The van der Waals surface area contributed by atoms with Gasteiger partial charge in [0.15, 0.2) is 5.78 Å². The highest BCUT2D eigenvalue weighted by Crippen LogP contribution is 2.60. The molecule has 0 aromatic carbocycles. The van der Waals surface area contributed by atoms with E-state index in [1.54, 1.807) is 0 Å². The van der Waals surface area contributed by atoms with Crippen LogP contribution in [0.2, 0.25) is 0 Å². The van der Waals surface area contributed by atoms with Crippen molar-refractivity contribution in [1.82, 2.24) is 0 Å². The molecule has 2 saturated carbocycles. The first-order valence-electron chi connectivity index (χ1n) is 4.92. The number of allylic oxidation sites excluding steroid dienone is 1. The summed E-state index contributed by atoms with van der Waals surface area (Å²) < 4.78 is 0. The SMILES string of the molecule is C=N[C@]1(C)C(=O)[C@H]2CC[C@H]3C=C3C21. The van der Waals surface area contributed by atoms with Crippen molar-refractivity contribution in [2.75, 3.05) is 0 Å². The average Bonchev–Trinajstić information content (AvgIpc) is 2.92. The number of carbonyl (C=O) groups is 1. The fourth-order valence-corrected chi connectivity index (χ4v) is 3.13. The summed E-state index contributed by atoms with van der Waals surface area (Å²) in [6.45, 7) is 5.49. The summed E-state index contributed by atoms with van der Waals surface area (Å²) in [5, 5.41) is 0. The average molecular weight is 175 g/mol. The zero-order chi connectivity index (χ0) is 9.22. The lowest BCUT2D eigenvalue weighted by Gasteiger charge is -2.50. The fraction of sp³-hybridized carbons (Fsp3) is 0.636. The van der Waals surface area contributed by atoms with Crippen molar-refractivity contribution in [2.24, 2.45) is 22.7 Å². The maximum atomic E-state index is 11.8. The lowest BCUT2D eigenvalue weighted by atomic mass is 9.54. The van der Waals surface area contributed by atoms with E-state index in [4.69, 9.17) is 0 Å². The van der Waals surface area contributed by atoms with Gasteiger partial charge < -0.3 is 0 Å². The van der Waals surface area contributed by atoms with E-state index in [1.165, 1.54) is 12.0 Å². The smallest absolute Gasteiger partial charge is 0.164 e. The predicted octanol–water partition coefficient (Wildman–Crippen LogP) is 1.61. The molecule has 3 aliphatic carbocycles. The van der Waals surface area contributed by atoms with Gasteiger partial charge in [-0.25, -0.2) is 0 Å². The summed E-state index contributed by atoms with van der Waals surface area (Å²) in [5.74, 6) is 1.73. The number of ketones is 1. The van der Waals surface area contributed by atoms with Gasteiger partial charge in [0.1, 0.15) is 5.54 Å². The minimum atomic E-state index is -0.467. The number of hydrogen-bond acceptors (Lipinski definition) is 2. The van der Waals surface area contributed by atoms with Gasteiger partial charge in [-0.3, -0.25) is 9.79 Å². The molecule has 3 aliphatic rings. The van der Waals surface area contributed by atoms with Crippen molar-refractivity contribution < 1.29 is 4.79 Å². The number of Topliss-reactive ketones (excluding diaryl/α,β-unsaturated/α-hetero) is 1. The number of carbonyl (C=O) groups excluding carboxylic acids is 1. The second-order valence-corrected chi connectivity index (χ2v) is 4.60. The molecule has 13 heavy (non-hydrogen) atoms. The molecule has 0 spiro atoms. The standard InChI is InChI=1S/C11H13NO/c1-11(12-2)9-7(10(11)13)4-3-6-5-8(6)9/h5-7,9H,2-4H2,1H3/t6-,7-,9?,11-/m0/s1. The molecule has 0 bridgehead atoms. The topological polar surface area (TPSA) is 29.4 Å². The Balaban J connectivity index is 1.98. The minimum absolute atomic E-state index is 0.278. The molecule has 0 radical (unpaired) electrons. The quantitative estimate of drug-likeness (QED) is 0.440. The number of rotatable bonds is 1. The molecule has 2 heteroatoms. The Labute approximate surface area is 77.7 Å². The number of fused-ring (bicyclic) bond motifs is 3. The molecule has 0 aromatic rings. The lowest BCUT2D eigenvalue weighted by molar-refractivity contribution is -0.143. The van der Waals surface area contributed by atoms with E-state index >= 15 is 0 Å². The molecule has 0 heterocycles. The maximum Gasteiger partial charge on any atom is 0.164 e. The van der Waals surface area contributed by atoms with Crippen LogP contribution in [0, 0.1) is 17.8 Å². The first-order valence-corrected chi connectivity index (χ1v) is 4.92. The Bertz CT molecular complexity index is 344. The molecule has 0 N–H and O–H groups in total. The van der Waals surface area contributed by atoms with E-state index < -0.39 is 5.54 Å². The van der Waals surface area contributed by atoms with Crippen molar-refractivity contribution in [3.05, 3.63) is 11.6 Å². The molecular formula is C11H13NO. The Kier molecular flexibility index (Phi) is 1.12. The molecule has 3 rings (SSSR count). The third kappa shape index (κ3) is 0.664. The Morgan fingerprint density at radius 2 is 2.38 bits per heavy atom. The number of nitrogens with zero attached hydrogens (tertiary/aromatic N) is 1. The highest BCUT2D eigenvalue weighted by atomic mass is 16.1. The lowest BCUT2D eigenvalue weighted by Crippen LogP contribution is -2.61. The number of aliphatic imine (C=N–C) groups is 1. The first kappa shape index (κ1) is 7.48. The maximum absolute atomic E-state index is 11.8. The van der Waals surface area contributed by atoms with Gasteiger partial charge in [-0.1, -0.05) is 11.6 Å². The molecular weight excluding hydrogens is 162 g/mol. The summed E-state index contributed by atoms with van der Waals surface area (Å²) in [4.78, 5) is 15.8. The molecule has 68 valence electrons. The Hall–Kier alpha value is -0.920. The van der Waals surface area contributed by atoms with Gasteiger partial charge in [-0.2, -0.15) is 0 Å². The summed E-state index contributed by atoms with van der Waals surface area (Å²) in [6, 6.07) is 0. The van der Waals surface area contributed by atoms with E-state index in [-0.39, 0.29) is 5.92 Å². The minimum Gasteiger partial charge on any atom is -0.297 e. The van der Waals surface area contributed by atoms with E-state index in [0.29, 0.717) is 11.7 Å².